The summed E-state index contributed by atoms with van der Waals surface area (Å²) in [5.41, 5.74) is 2.28. The summed E-state index contributed by atoms with van der Waals surface area (Å²) in [4.78, 5) is 17.4. The van der Waals surface area contributed by atoms with Crippen LogP contribution < -0.4 is 5.32 Å². The number of nitrogens with one attached hydrogen (secondary N) is 2. The Kier molecular flexibility index (Phi) is 5.09. The average molecular weight is 344 g/mol. The molecule has 0 spiro atoms. The molecule has 0 saturated heterocycles. The van der Waals surface area contributed by atoms with Crippen LogP contribution in [0.5, 0.6) is 0 Å². The summed E-state index contributed by atoms with van der Waals surface area (Å²) in [6.07, 6.45) is 1.43. The van der Waals surface area contributed by atoms with Crippen molar-refractivity contribution in [2.75, 3.05) is 5.75 Å². The van der Waals surface area contributed by atoms with Crippen LogP contribution in [-0.2, 0) is 4.79 Å². The molecule has 23 heavy (non-hydrogen) atoms. The Hall–Kier alpha value is -2.12. The first-order chi connectivity index (χ1) is 11.2. The second kappa shape index (κ2) is 7.43. The number of thioether (sulfide) groups is 1. The van der Waals surface area contributed by atoms with Crippen molar-refractivity contribution in [1.29, 1.82) is 0 Å². The third-order valence-electron chi connectivity index (χ3n) is 3.28. The molecule has 0 aliphatic carbocycles. The number of aryl methyl sites for hydroxylation is 1. The van der Waals surface area contributed by atoms with E-state index in [0.29, 0.717) is 10.9 Å². The van der Waals surface area contributed by atoms with Crippen LogP contribution in [-0.4, -0.2) is 26.8 Å². The normalized spacial score (nSPS) is 12.0. The predicted molar refractivity (Wildman–Crippen MR) is 92.6 cm³/mol. The van der Waals surface area contributed by atoms with Crippen molar-refractivity contribution in [3.63, 3.8) is 0 Å². The molecule has 2 N–H and O–H groups in total. The van der Waals surface area contributed by atoms with Gasteiger partial charge in [-0.05, 0) is 23.9 Å². The van der Waals surface area contributed by atoms with Crippen LogP contribution in [0.2, 0.25) is 0 Å². The van der Waals surface area contributed by atoms with E-state index in [1.54, 1.807) is 11.3 Å². The van der Waals surface area contributed by atoms with Crippen LogP contribution in [0.4, 0.5) is 0 Å². The molecule has 0 bridgehead atoms. The Morgan fingerprint density at radius 1 is 1.35 bits per heavy atom. The minimum absolute atomic E-state index is 0.0367. The zero-order valence-corrected chi connectivity index (χ0v) is 14.2. The lowest BCUT2D eigenvalue weighted by atomic mass is 10.0. The molecule has 0 radical (unpaired) electrons. The van der Waals surface area contributed by atoms with Gasteiger partial charge in [0.2, 0.25) is 5.91 Å². The Morgan fingerprint density at radius 3 is 2.83 bits per heavy atom. The number of H-pyrrole nitrogens is 1. The summed E-state index contributed by atoms with van der Waals surface area (Å²) in [7, 11) is 0. The van der Waals surface area contributed by atoms with Gasteiger partial charge in [0.15, 0.2) is 5.16 Å². The highest BCUT2D eigenvalue weighted by Gasteiger charge is 2.18. The Morgan fingerprint density at radius 2 is 2.17 bits per heavy atom. The average Bonchev–Trinajstić information content (AvgIpc) is 3.25. The smallest absolute Gasteiger partial charge is 0.231 e. The lowest BCUT2D eigenvalue weighted by Crippen LogP contribution is -2.30. The van der Waals surface area contributed by atoms with Crippen molar-refractivity contribution >= 4 is 29.0 Å². The van der Waals surface area contributed by atoms with Crippen molar-refractivity contribution in [3.05, 3.63) is 64.1 Å². The fourth-order valence-electron chi connectivity index (χ4n) is 2.13. The molecular weight excluding hydrogens is 328 g/mol. The van der Waals surface area contributed by atoms with Crippen LogP contribution in [0.1, 0.15) is 22.0 Å². The number of hydrogen-bond donors (Lipinski definition) is 2. The quantitative estimate of drug-likeness (QED) is 0.674. The molecular formula is C16H16N4OS2. The van der Waals surface area contributed by atoms with E-state index in [1.165, 1.54) is 23.7 Å². The second-order valence-electron chi connectivity index (χ2n) is 5.01. The van der Waals surface area contributed by atoms with Crippen molar-refractivity contribution in [2.45, 2.75) is 18.1 Å². The highest BCUT2D eigenvalue weighted by Crippen LogP contribution is 2.26. The number of carbonyl (C=O) groups is 1. The summed E-state index contributed by atoms with van der Waals surface area (Å²) >= 11 is 2.97. The Balaban J connectivity index is 1.71. The van der Waals surface area contributed by atoms with Gasteiger partial charge in [-0.15, -0.1) is 11.3 Å². The SMILES string of the molecule is Cc1ccc([C@@H](NC(=O)CSc2ncn[nH]2)c2cccs2)cc1. The maximum absolute atomic E-state index is 12.3. The van der Waals surface area contributed by atoms with E-state index in [9.17, 15) is 4.79 Å². The summed E-state index contributed by atoms with van der Waals surface area (Å²) < 4.78 is 0. The number of carbonyl (C=O) groups excluding carboxylic acids is 1. The van der Waals surface area contributed by atoms with Gasteiger partial charge in [0.05, 0.1) is 11.8 Å². The van der Waals surface area contributed by atoms with Crippen LogP contribution >= 0.6 is 23.1 Å². The van der Waals surface area contributed by atoms with E-state index in [1.807, 2.05) is 17.5 Å². The molecule has 118 valence electrons. The number of aromatic nitrogens is 3. The number of nitrogens with zero attached hydrogens (tertiary/aromatic N) is 2. The third-order valence-corrected chi connectivity index (χ3v) is 5.09. The van der Waals surface area contributed by atoms with Gasteiger partial charge in [0, 0.05) is 4.88 Å². The van der Waals surface area contributed by atoms with Crippen molar-refractivity contribution in [1.82, 2.24) is 20.5 Å². The van der Waals surface area contributed by atoms with Gasteiger partial charge in [0.1, 0.15) is 6.33 Å². The minimum atomic E-state index is -0.126. The van der Waals surface area contributed by atoms with Gasteiger partial charge in [-0.25, -0.2) is 4.98 Å². The lowest BCUT2D eigenvalue weighted by molar-refractivity contribution is -0.119. The maximum atomic E-state index is 12.3. The second-order valence-corrected chi connectivity index (χ2v) is 6.95. The standard InChI is InChI=1S/C16H16N4OS2/c1-11-4-6-12(7-5-11)15(13-3-2-8-22-13)19-14(21)9-23-16-17-10-18-20-16/h2-8,10,15H,9H2,1H3,(H,19,21)(H,17,18,20)/t15-/m1/s1. The van der Waals surface area contributed by atoms with Gasteiger partial charge < -0.3 is 5.32 Å². The molecule has 0 fully saturated rings. The van der Waals surface area contributed by atoms with E-state index in [2.05, 4.69) is 51.7 Å². The fourth-order valence-corrected chi connectivity index (χ4v) is 3.53. The topological polar surface area (TPSA) is 70.7 Å². The van der Waals surface area contributed by atoms with Crippen LogP contribution in [0, 0.1) is 6.92 Å². The molecule has 0 saturated carbocycles. The highest BCUT2D eigenvalue weighted by atomic mass is 32.2. The zero-order chi connectivity index (χ0) is 16.1. The largest absolute Gasteiger partial charge is 0.344 e. The van der Waals surface area contributed by atoms with E-state index < -0.39 is 0 Å². The van der Waals surface area contributed by atoms with Crippen LogP contribution in [0.25, 0.3) is 0 Å². The van der Waals surface area contributed by atoms with Crippen molar-refractivity contribution < 1.29 is 4.79 Å². The number of thiophene rings is 1. The van der Waals surface area contributed by atoms with Gasteiger partial charge in [-0.3, -0.25) is 9.89 Å². The molecule has 1 aromatic carbocycles. The van der Waals surface area contributed by atoms with E-state index >= 15 is 0 Å². The van der Waals surface area contributed by atoms with E-state index in [-0.39, 0.29) is 11.9 Å². The van der Waals surface area contributed by atoms with E-state index in [0.717, 1.165) is 10.4 Å². The first-order valence-electron chi connectivity index (χ1n) is 7.10. The molecule has 7 heteroatoms. The number of rotatable bonds is 6. The molecule has 0 unspecified atom stereocenters. The number of amides is 1. The molecule has 0 aliphatic rings. The van der Waals surface area contributed by atoms with Crippen LogP contribution in [0.3, 0.4) is 0 Å². The Labute approximate surface area is 142 Å². The van der Waals surface area contributed by atoms with Gasteiger partial charge >= 0.3 is 0 Å². The molecule has 0 aliphatic heterocycles. The highest BCUT2D eigenvalue weighted by molar-refractivity contribution is 7.99. The third kappa shape index (κ3) is 4.20. The zero-order valence-electron chi connectivity index (χ0n) is 12.5. The van der Waals surface area contributed by atoms with Gasteiger partial charge in [-0.2, -0.15) is 5.10 Å². The van der Waals surface area contributed by atoms with Gasteiger partial charge in [-0.1, -0.05) is 47.7 Å². The fraction of sp³-hybridized carbons (Fsp3) is 0.188. The molecule has 3 rings (SSSR count). The maximum Gasteiger partial charge on any atom is 0.231 e. The summed E-state index contributed by atoms with van der Waals surface area (Å²) in [6, 6.07) is 12.2. The minimum Gasteiger partial charge on any atom is -0.344 e. The number of benzene rings is 1. The summed E-state index contributed by atoms with van der Waals surface area (Å²) in [6.45, 7) is 2.05. The summed E-state index contributed by atoms with van der Waals surface area (Å²) in [5, 5.41) is 12.3. The molecule has 1 atom stereocenters. The molecule has 5 nitrogen and oxygen atoms in total. The van der Waals surface area contributed by atoms with Gasteiger partial charge in [0.25, 0.3) is 0 Å². The van der Waals surface area contributed by atoms with Crippen molar-refractivity contribution in [3.8, 4) is 0 Å². The van der Waals surface area contributed by atoms with E-state index in [4.69, 9.17) is 0 Å². The first-order valence-corrected chi connectivity index (χ1v) is 8.96. The number of aromatic amines is 1. The summed E-state index contributed by atoms with van der Waals surface area (Å²) in [5.74, 6) is 0.258. The molecule has 2 heterocycles. The Bertz CT molecular complexity index is 739. The monoisotopic (exact) mass is 344 g/mol. The lowest BCUT2D eigenvalue weighted by Gasteiger charge is -2.18. The van der Waals surface area contributed by atoms with Crippen molar-refractivity contribution in [2.24, 2.45) is 0 Å². The number of hydrogen-bond acceptors (Lipinski definition) is 5. The van der Waals surface area contributed by atoms with Crippen LogP contribution in [0.15, 0.2) is 53.3 Å². The molecule has 2 aromatic heterocycles. The first kappa shape index (κ1) is 15.8. The molecule has 3 aromatic rings. The predicted octanol–water partition coefficient (Wildman–Crippen LogP) is 3.17. The molecule has 1 amide bonds.